The molecule has 8 heteroatoms. The molecule has 0 saturated heterocycles. The van der Waals surface area contributed by atoms with Gasteiger partial charge in [-0.15, -0.1) is 45.5 Å². The molecular weight excluding hydrogens is 519 g/mol. The Kier molecular flexibility index (Phi) is 10.5. The number of aliphatic imine (C=N–C) groups is 1. The predicted octanol–water partition coefficient (Wildman–Crippen LogP) is 4.79. The first kappa shape index (κ1) is 25.3. The van der Waals surface area contributed by atoms with Crippen LogP contribution in [0.25, 0.3) is 0 Å². The molecule has 0 saturated carbocycles. The third kappa shape index (κ3) is 7.92. The van der Waals surface area contributed by atoms with Crippen LogP contribution in [0.3, 0.4) is 0 Å². The van der Waals surface area contributed by atoms with Gasteiger partial charge in [-0.05, 0) is 48.3 Å². The zero-order valence-corrected chi connectivity index (χ0v) is 21.9. The van der Waals surface area contributed by atoms with Crippen molar-refractivity contribution in [1.29, 1.82) is 0 Å². The van der Waals surface area contributed by atoms with Gasteiger partial charge < -0.3 is 15.2 Å². The lowest BCUT2D eigenvalue weighted by Gasteiger charge is -2.12. The molecule has 0 fully saturated rings. The van der Waals surface area contributed by atoms with Crippen LogP contribution < -0.4 is 10.6 Å². The zero-order chi connectivity index (χ0) is 21.3. The number of nitrogens with one attached hydrogen (secondary N) is 2. The SMILES string of the molecule is Cc1nnc(CN=C(NCCCc2ccc(C(C)C)cc2)NCc2cccs2)n1C.I. The lowest BCUT2D eigenvalue weighted by atomic mass is 10.0. The molecule has 3 rings (SSSR count). The molecule has 2 heterocycles. The molecule has 2 N–H and O–H groups in total. The maximum absolute atomic E-state index is 4.72. The quantitative estimate of drug-likeness (QED) is 0.173. The number of aromatic nitrogens is 3. The number of rotatable bonds is 9. The largest absolute Gasteiger partial charge is 0.356 e. The van der Waals surface area contributed by atoms with Crippen molar-refractivity contribution < 1.29 is 0 Å². The second-order valence-corrected chi connectivity index (χ2v) is 8.78. The van der Waals surface area contributed by atoms with Crippen molar-refractivity contribution in [3.8, 4) is 0 Å². The summed E-state index contributed by atoms with van der Waals surface area (Å²) >= 11 is 1.74. The summed E-state index contributed by atoms with van der Waals surface area (Å²) in [6.45, 7) is 8.52. The predicted molar refractivity (Wildman–Crippen MR) is 140 cm³/mol. The number of guanidine groups is 1. The molecule has 168 valence electrons. The van der Waals surface area contributed by atoms with Gasteiger partial charge in [0.05, 0.1) is 6.54 Å². The van der Waals surface area contributed by atoms with Gasteiger partial charge in [-0.1, -0.05) is 44.2 Å². The van der Waals surface area contributed by atoms with E-state index in [1.165, 1.54) is 16.0 Å². The third-order valence-corrected chi connectivity index (χ3v) is 6.03. The van der Waals surface area contributed by atoms with Crippen LogP contribution in [0.15, 0.2) is 46.8 Å². The van der Waals surface area contributed by atoms with E-state index >= 15 is 0 Å². The minimum Gasteiger partial charge on any atom is -0.356 e. The van der Waals surface area contributed by atoms with Gasteiger partial charge in [0, 0.05) is 18.5 Å². The summed E-state index contributed by atoms with van der Waals surface area (Å²) in [5.74, 6) is 3.13. The van der Waals surface area contributed by atoms with E-state index in [0.717, 1.165) is 43.5 Å². The summed E-state index contributed by atoms with van der Waals surface area (Å²) in [5, 5.41) is 17.3. The molecule has 0 aliphatic heterocycles. The van der Waals surface area contributed by atoms with Crippen molar-refractivity contribution in [3.63, 3.8) is 0 Å². The summed E-state index contributed by atoms with van der Waals surface area (Å²) in [6.07, 6.45) is 2.09. The van der Waals surface area contributed by atoms with Crippen molar-refractivity contribution in [2.45, 2.75) is 52.6 Å². The highest BCUT2D eigenvalue weighted by molar-refractivity contribution is 14.0. The van der Waals surface area contributed by atoms with E-state index in [1.54, 1.807) is 11.3 Å². The summed E-state index contributed by atoms with van der Waals surface area (Å²) in [6, 6.07) is 13.2. The standard InChI is InChI=1S/C23H32N6S.HI/c1-17(2)20-11-9-19(10-12-20)7-5-13-24-23(25-15-21-8-6-14-30-21)26-16-22-28-27-18(3)29(22)4;/h6,8-12,14,17H,5,7,13,15-16H2,1-4H3,(H2,24,25,26);1H. The Morgan fingerprint density at radius 2 is 1.90 bits per heavy atom. The summed E-state index contributed by atoms with van der Waals surface area (Å²) in [7, 11) is 1.97. The van der Waals surface area contributed by atoms with Crippen molar-refractivity contribution in [2.75, 3.05) is 6.54 Å². The molecule has 31 heavy (non-hydrogen) atoms. The maximum atomic E-state index is 4.72. The Hall–Kier alpha value is -1.94. The van der Waals surface area contributed by atoms with Crippen molar-refractivity contribution in [1.82, 2.24) is 25.4 Å². The number of nitrogens with zero attached hydrogens (tertiary/aromatic N) is 4. The van der Waals surface area contributed by atoms with E-state index in [0.29, 0.717) is 12.5 Å². The van der Waals surface area contributed by atoms with Crippen LogP contribution in [0, 0.1) is 6.92 Å². The Balaban J connectivity index is 0.00000341. The monoisotopic (exact) mass is 552 g/mol. The van der Waals surface area contributed by atoms with Gasteiger partial charge in [0.2, 0.25) is 0 Å². The van der Waals surface area contributed by atoms with Gasteiger partial charge in [-0.3, -0.25) is 0 Å². The van der Waals surface area contributed by atoms with E-state index in [1.807, 2.05) is 18.5 Å². The van der Waals surface area contributed by atoms with E-state index in [-0.39, 0.29) is 24.0 Å². The first-order valence-electron chi connectivity index (χ1n) is 10.5. The van der Waals surface area contributed by atoms with E-state index in [9.17, 15) is 0 Å². The first-order valence-corrected chi connectivity index (χ1v) is 11.4. The lowest BCUT2D eigenvalue weighted by molar-refractivity contribution is 0.726. The average molecular weight is 553 g/mol. The molecule has 6 nitrogen and oxygen atoms in total. The highest BCUT2D eigenvalue weighted by Gasteiger charge is 2.06. The fraction of sp³-hybridized carbons (Fsp3) is 0.435. The van der Waals surface area contributed by atoms with Crippen molar-refractivity contribution in [2.24, 2.45) is 12.0 Å². The van der Waals surface area contributed by atoms with E-state index in [2.05, 4.69) is 76.5 Å². The Morgan fingerprint density at radius 1 is 1.13 bits per heavy atom. The normalized spacial score (nSPS) is 11.5. The van der Waals surface area contributed by atoms with E-state index < -0.39 is 0 Å². The first-order chi connectivity index (χ1) is 14.5. The number of aryl methyl sites for hydroxylation is 2. The second kappa shape index (κ2) is 12.8. The topological polar surface area (TPSA) is 67.1 Å². The minimum atomic E-state index is 0. The zero-order valence-electron chi connectivity index (χ0n) is 18.8. The Labute approximate surface area is 206 Å². The number of thiophene rings is 1. The van der Waals surface area contributed by atoms with Crippen LogP contribution in [0.5, 0.6) is 0 Å². The number of hydrogen-bond acceptors (Lipinski definition) is 4. The molecule has 0 unspecified atom stereocenters. The molecule has 0 aliphatic carbocycles. The second-order valence-electron chi connectivity index (χ2n) is 7.75. The van der Waals surface area contributed by atoms with Gasteiger partial charge in [-0.2, -0.15) is 0 Å². The van der Waals surface area contributed by atoms with Gasteiger partial charge in [0.15, 0.2) is 11.8 Å². The molecule has 0 bridgehead atoms. The average Bonchev–Trinajstić information content (AvgIpc) is 3.38. The van der Waals surface area contributed by atoms with Crippen LogP contribution in [-0.4, -0.2) is 27.3 Å². The smallest absolute Gasteiger partial charge is 0.192 e. The number of hydrogen-bond donors (Lipinski definition) is 2. The molecule has 0 spiro atoms. The van der Waals surface area contributed by atoms with Crippen LogP contribution in [0.4, 0.5) is 0 Å². The lowest BCUT2D eigenvalue weighted by Crippen LogP contribution is -2.37. The third-order valence-electron chi connectivity index (χ3n) is 5.15. The molecule has 0 atom stereocenters. The van der Waals surface area contributed by atoms with Crippen molar-refractivity contribution in [3.05, 3.63) is 69.4 Å². The fourth-order valence-electron chi connectivity index (χ4n) is 3.07. The maximum Gasteiger partial charge on any atom is 0.192 e. The summed E-state index contributed by atoms with van der Waals surface area (Å²) in [4.78, 5) is 6.00. The molecule has 0 radical (unpaired) electrons. The fourth-order valence-corrected chi connectivity index (χ4v) is 3.71. The number of halogens is 1. The molecule has 2 aromatic heterocycles. The highest BCUT2D eigenvalue weighted by Crippen LogP contribution is 2.15. The molecule has 1 aromatic carbocycles. The molecule has 0 amide bonds. The van der Waals surface area contributed by atoms with Gasteiger partial charge in [0.25, 0.3) is 0 Å². The molecular formula is C23H33IN6S. The Bertz CT molecular complexity index is 932. The van der Waals surface area contributed by atoms with Crippen LogP contribution in [-0.2, 0) is 26.6 Å². The number of benzene rings is 1. The van der Waals surface area contributed by atoms with E-state index in [4.69, 9.17) is 4.99 Å². The Morgan fingerprint density at radius 3 is 2.52 bits per heavy atom. The van der Waals surface area contributed by atoms with Crippen LogP contribution >= 0.6 is 35.3 Å². The van der Waals surface area contributed by atoms with Crippen molar-refractivity contribution >= 4 is 41.3 Å². The van der Waals surface area contributed by atoms with Gasteiger partial charge >= 0.3 is 0 Å². The van der Waals surface area contributed by atoms with Crippen LogP contribution in [0.2, 0.25) is 0 Å². The molecule has 0 aliphatic rings. The summed E-state index contributed by atoms with van der Waals surface area (Å²) in [5.41, 5.74) is 2.77. The van der Waals surface area contributed by atoms with Crippen LogP contribution in [0.1, 0.15) is 53.8 Å². The van der Waals surface area contributed by atoms with Gasteiger partial charge in [-0.25, -0.2) is 4.99 Å². The highest BCUT2D eigenvalue weighted by atomic mass is 127. The minimum absolute atomic E-state index is 0. The van der Waals surface area contributed by atoms with Gasteiger partial charge in [0.1, 0.15) is 12.4 Å². The molecule has 3 aromatic rings. The summed E-state index contributed by atoms with van der Waals surface area (Å²) < 4.78 is 1.97.